The van der Waals surface area contributed by atoms with Gasteiger partial charge in [0.05, 0.1) is 10.9 Å². The SMILES string of the molecule is CO[C@H]1[C@H](Br)c2ccccc2[C@H](C#N)N1C(=O)c1ccccc1. The number of nitriles is 1. The minimum absolute atomic E-state index is 0.194. The summed E-state index contributed by atoms with van der Waals surface area (Å²) in [6, 6.07) is 18.2. The molecule has 0 aliphatic carbocycles. The van der Waals surface area contributed by atoms with Crippen molar-refractivity contribution in [3.05, 3.63) is 71.3 Å². The molecule has 23 heavy (non-hydrogen) atoms. The second-order valence-corrected chi connectivity index (χ2v) is 6.25. The van der Waals surface area contributed by atoms with Crippen LogP contribution in [-0.2, 0) is 4.74 Å². The van der Waals surface area contributed by atoms with Crippen molar-refractivity contribution in [2.45, 2.75) is 17.1 Å². The van der Waals surface area contributed by atoms with Crippen LogP contribution in [0.5, 0.6) is 0 Å². The number of hydrogen-bond donors (Lipinski definition) is 0. The van der Waals surface area contributed by atoms with Gasteiger partial charge in [-0.3, -0.25) is 9.69 Å². The number of hydrogen-bond acceptors (Lipinski definition) is 3. The van der Waals surface area contributed by atoms with Gasteiger partial charge in [0.2, 0.25) is 0 Å². The number of fused-ring (bicyclic) bond motifs is 1. The summed E-state index contributed by atoms with van der Waals surface area (Å²) in [6.07, 6.45) is -0.553. The highest BCUT2D eigenvalue weighted by molar-refractivity contribution is 9.09. The summed E-state index contributed by atoms with van der Waals surface area (Å²) in [5.41, 5.74) is 2.34. The first kappa shape index (κ1) is 15.7. The number of halogens is 1. The van der Waals surface area contributed by atoms with Crippen LogP contribution < -0.4 is 0 Å². The third-order valence-electron chi connectivity index (χ3n) is 4.01. The maximum Gasteiger partial charge on any atom is 0.257 e. The van der Waals surface area contributed by atoms with Gasteiger partial charge >= 0.3 is 0 Å². The zero-order valence-corrected chi connectivity index (χ0v) is 14.1. The van der Waals surface area contributed by atoms with Gasteiger partial charge in [-0.25, -0.2) is 0 Å². The number of carbonyl (C=O) groups excluding carboxylic acids is 1. The smallest absolute Gasteiger partial charge is 0.257 e. The summed E-state index contributed by atoms with van der Waals surface area (Å²) in [4.78, 5) is 14.3. The van der Waals surface area contributed by atoms with Gasteiger partial charge in [-0.05, 0) is 23.3 Å². The molecule has 2 aromatic carbocycles. The van der Waals surface area contributed by atoms with Gasteiger partial charge in [0.15, 0.2) is 0 Å². The number of ether oxygens (including phenoxy) is 1. The van der Waals surface area contributed by atoms with Crippen molar-refractivity contribution in [1.82, 2.24) is 4.90 Å². The Labute approximate surface area is 143 Å². The average molecular weight is 371 g/mol. The molecule has 0 spiro atoms. The van der Waals surface area contributed by atoms with E-state index < -0.39 is 12.3 Å². The van der Waals surface area contributed by atoms with E-state index in [2.05, 4.69) is 22.0 Å². The standard InChI is InChI=1S/C18H15BrN2O2/c1-23-18-16(19)14-10-6-5-9-13(14)15(11-20)21(18)17(22)12-7-3-2-4-8-12/h2-10,15-16,18H,1H3/t15-,16+,18-/m0/s1. The van der Waals surface area contributed by atoms with Crippen LogP contribution in [0.3, 0.4) is 0 Å². The maximum absolute atomic E-state index is 13.0. The Morgan fingerprint density at radius 2 is 1.74 bits per heavy atom. The summed E-state index contributed by atoms with van der Waals surface area (Å²) >= 11 is 3.62. The predicted octanol–water partition coefficient (Wildman–Crippen LogP) is 3.82. The highest BCUT2D eigenvalue weighted by Crippen LogP contribution is 2.43. The lowest BCUT2D eigenvalue weighted by molar-refractivity contribution is -0.0375. The quantitative estimate of drug-likeness (QED) is 0.755. The third-order valence-corrected chi connectivity index (χ3v) is 4.95. The number of methoxy groups -OCH3 is 1. The topological polar surface area (TPSA) is 53.3 Å². The molecule has 3 rings (SSSR count). The minimum Gasteiger partial charge on any atom is -0.360 e. The zero-order chi connectivity index (χ0) is 16.4. The van der Waals surface area contributed by atoms with E-state index >= 15 is 0 Å². The van der Waals surface area contributed by atoms with E-state index in [-0.39, 0.29) is 10.7 Å². The number of carbonyl (C=O) groups is 1. The molecule has 1 aliphatic rings. The molecular weight excluding hydrogens is 356 g/mol. The van der Waals surface area contributed by atoms with Gasteiger partial charge in [0.25, 0.3) is 5.91 Å². The molecule has 0 fully saturated rings. The van der Waals surface area contributed by atoms with Crippen LogP contribution in [-0.4, -0.2) is 24.1 Å². The van der Waals surface area contributed by atoms with Gasteiger partial charge in [0, 0.05) is 12.7 Å². The summed E-state index contributed by atoms with van der Waals surface area (Å²) in [6.45, 7) is 0. The van der Waals surface area contributed by atoms with E-state index in [1.807, 2.05) is 30.3 Å². The molecule has 1 amide bonds. The Balaban J connectivity index is 2.11. The fourth-order valence-corrected chi connectivity index (χ4v) is 3.82. The van der Waals surface area contributed by atoms with E-state index in [9.17, 15) is 10.1 Å². The largest absolute Gasteiger partial charge is 0.360 e. The van der Waals surface area contributed by atoms with Crippen LogP contribution >= 0.6 is 15.9 Å². The molecule has 1 aliphatic heterocycles. The van der Waals surface area contributed by atoms with E-state index in [1.54, 1.807) is 31.4 Å². The monoisotopic (exact) mass is 370 g/mol. The summed E-state index contributed by atoms with van der Waals surface area (Å²) < 4.78 is 5.55. The van der Waals surface area contributed by atoms with Gasteiger partial charge in [-0.2, -0.15) is 5.26 Å². The molecule has 0 saturated carbocycles. The van der Waals surface area contributed by atoms with Gasteiger partial charge < -0.3 is 4.74 Å². The number of rotatable bonds is 2. The highest BCUT2D eigenvalue weighted by Gasteiger charge is 2.43. The van der Waals surface area contributed by atoms with Gasteiger partial charge in [-0.15, -0.1) is 0 Å². The highest BCUT2D eigenvalue weighted by atomic mass is 79.9. The lowest BCUT2D eigenvalue weighted by Crippen LogP contribution is -2.48. The predicted molar refractivity (Wildman–Crippen MR) is 89.9 cm³/mol. The van der Waals surface area contributed by atoms with Gasteiger partial charge in [-0.1, -0.05) is 58.4 Å². The number of nitrogens with zero attached hydrogens (tertiary/aromatic N) is 2. The van der Waals surface area contributed by atoms with Crippen molar-refractivity contribution in [3.8, 4) is 6.07 Å². The third kappa shape index (κ3) is 2.65. The van der Waals surface area contributed by atoms with Crippen LogP contribution in [0.15, 0.2) is 54.6 Å². The fourth-order valence-electron chi connectivity index (χ4n) is 2.93. The molecular formula is C18H15BrN2O2. The molecule has 5 heteroatoms. The lowest BCUT2D eigenvalue weighted by atomic mass is 9.91. The molecule has 0 aromatic heterocycles. The van der Waals surface area contributed by atoms with Crippen LogP contribution in [0.25, 0.3) is 0 Å². The second-order valence-electron chi connectivity index (χ2n) is 5.27. The lowest BCUT2D eigenvalue weighted by Gasteiger charge is -2.42. The Kier molecular flexibility index (Phi) is 4.46. The van der Waals surface area contributed by atoms with Crippen molar-refractivity contribution in [2.75, 3.05) is 7.11 Å². The van der Waals surface area contributed by atoms with Crippen molar-refractivity contribution in [1.29, 1.82) is 5.26 Å². The molecule has 1 heterocycles. The van der Waals surface area contributed by atoms with Crippen molar-refractivity contribution in [3.63, 3.8) is 0 Å². The molecule has 3 atom stereocenters. The molecule has 0 unspecified atom stereocenters. The first-order valence-corrected chi connectivity index (χ1v) is 8.13. The summed E-state index contributed by atoms with van der Waals surface area (Å²) in [5.74, 6) is -0.219. The molecule has 2 aromatic rings. The summed E-state index contributed by atoms with van der Waals surface area (Å²) in [5, 5.41) is 9.69. The number of alkyl halides is 1. The maximum atomic E-state index is 13.0. The van der Waals surface area contributed by atoms with Crippen molar-refractivity contribution in [2.24, 2.45) is 0 Å². The van der Waals surface area contributed by atoms with Crippen LogP contribution in [0, 0.1) is 11.3 Å². The van der Waals surface area contributed by atoms with Crippen molar-refractivity contribution >= 4 is 21.8 Å². The molecule has 116 valence electrons. The average Bonchev–Trinajstić information content (AvgIpc) is 2.61. The van der Waals surface area contributed by atoms with E-state index in [1.165, 1.54) is 4.90 Å². The number of amides is 1. The Hall–Kier alpha value is -2.16. The fraction of sp³-hybridized carbons (Fsp3) is 0.222. The van der Waals surface area contributed by atoms with Crippen LogP contribution in [0.2, 0.25) is 0 Å². The Morgan fingerprint density at radius 3 is 2.35 bits per heavy atom. The molecule has 0 radical (unpaired) electrons. The first-order valence-electron chi connectivity index (χ1n) is 7.22. The molecule has 0 saturated heterocycles. The molecule has 0 bridgehead atoms. The Bertz CT molecular complexity index is 757. The first-order chi connectivity index (χ1) is 11.2. The second kappa shape index (κ2) is 6.53. The van der Waals surface area contributed by atoms with E-state index in [0.717, 1.165) is 11.1 Å². The Morgan fingerprint density at radius 1 is 1.13 bits per heavy atom. The minimum atomic E-state index is -0.683. The zero-order valence-electron chi connectivity index (χ0n) is 12.5. The van der Waals surface area contributed by atoms with E-state index in [0.29, 0.717) is 5.56 Å². The summed E-state index contributed by atoms with van der Waals surface area (Å²) in [7, 11) is 1.55. The van der Waals surface area contributed by atoms with Crippen LogP contribution in [0.4, 0.5) is 0 Å². The normalized spacial score (nSPS) is 23.0. The van der Waals surface area contributed by atoms with Crippen molar-refractivity contribution < 1.29 is 9.53 Å². The van der Waals surface area contributed by atoms with E-state index in [4.69, 9.17) is 4.74 Å². The molecule has 0 N–H and O–H groups in total. The number of benzene rings is 2. The van der Waals surface area contributed by atoms with Gasteiger partial charge in [0.1, 0.15) is 12.3 Å². The van der Waals surface area contributed by atoms with Crippen LogP contribution in [0.1, 0.15) is 32.4 Å². The molecule has 4 nitrogen and oxygen atoms in total.